The van der Waals surface area contributed by atoms with E-state index in [1.165, 1.54) is 31.5 Å². The first-order valence-corrected chi connectivity index (χ1v) is 6.27. The summed E-state index contributed by atoms with van der Waals surface area (Å²) in [5.74, 6) is 1.84. The molecule has 1 N–H and O–H groups in total. The van der Waals surface area contributed by atoms with Gasteiger partial charge in [-0.3, -0.25) is 0 Å². The molecule has 1 fully saturated rings. The lowest BCUT2D eigenvalue weighted by Crippen LogP contribution is -1.93. The maximum atomic E-state index is 4.66. The molecule has 1 aliphatic carbocycles. The van der Waals surface area contributed by atoms with Crippen LogP contribution in [0, 0.1) is 0 Å². The zero-order valence-corrected chi connectivity index (χ0v) is 10.0. The third-order valence-corrected chi connectivity index (χ3v) is 3.70. The van der Waals surface area contributed by atoms with Crippen molar-refractivity contribution in [3.05, 3.63) is 28.5 Å². The van der Waals surface area contributed by atoms with Crippen LogP contribution in [0.25, 0.3) is 11.0 Å². The number of hydrogen-bond acceptors (Lipinski definition) is 1. The van der Waals surface area contributed by atoms with E-state index in [0.717, 1.165) is 15.5 Å². The van der Waals surface area contributed by atoms with Gasteiger partial charge in [-0.05, 0) is 31.0 Å². The Morgan fingerprint density at radius 1 is 1.27 bits per heavy atom. The van der Waals surface area contributed by atoms with Gasteiger partial charge in [-0.15, -0.1) is 0 Å². The standard InChI is InChI=1S/C12H13BrN2/c13-9-5-6-10-11(7-9)15-12(14-10)8-3-1-2-4-8/h5-8H,1-4H2,(H,14,15). The summed E-state index contributed by atoms with van der Waals surface area (Å²) in [6.45, 7) is 0. The minimum absolute atomic E-state index is 0.663. The van der Waals surface area contributed by atoms with E-state index in [2.05, 4.69) is 38.0 Å². The van der Waals surface area contributed by atoms with Gasteiger partial charge in [0.15, 0.2) is 0 Å². The van der Waals surface area contributed by atoms with E-state index >= 15 is 0 Å². The van der Waals surface area contributed by atoms with Gasteiger partial charge in [-0.2, -0.15) is 0 Å². The fourth-order valence-electron chi connectivity index (χ4n) is 2.39. The largest absolute Gasteiger partial charge is 0.342 e. The van der Waals surface area contributed by atoms with Crippen molar-refractivity contribution in [3.63, 3.8) is 0 Å². The Bertz CT molecular complexity index is 483. The number of benzene rings is 1. The topological polar surface area (TPSA) is 28.7 Å². The molecule has 1 aromatic heterocycles. The highest BCUT2D eigenvalue weighted by atomic mass is 79.9. The third-order valence-electron chi connectivity index (χ3n) is 3.20. The number of nitrogens with one attached hydrogen (secondary N) is 1. The summed E-state index contributed by atoms with van der Waals surface area (Å²) in [5.41, 5.74) is 2.23. The molecule has 0 atom stereocenters. The molecule has 1 saturated carbocycles. The zero-order valence-electron chi connectivity index (χ0n) is 8.46. The minimum Gasteiger partial charge on any atom is -0.342 e. The number of imidazole rings is 1. The predicted molar refractivity (Wildman–Crippen MR) is 65.0 cm³/mol. The van der Waals surface area contributed by atoms with Crippen molar-refractivity contribution in [1.29, 1.82) is 0 Å². The van der Waals surface area contributed by atoms with Crippen LogP contribution in [0.4, 0.5) is 0 Å². The molecule has 0 spiro atoms. The highest BCUT2D eigenvalue weighted by molar-refractivity contribution is 9.10. The van der Waals surface area contributed by atoms with Gasteiger partial charge in [0, 0.05) is 10.4 Å². The predicted octanol–water partition coefficient (Wildman–Crippen LogP) is 3.98. The van der Waals surface area contributed by atoms with E-state index in [1.807, 2.05) is 6.07 Å². The smallest absolute Gasteiger partial charge is 0.110 e. The second kappa shape index (κ2) is 3.63. The van der Waals surface area contributed by atoms with Crippen molar-refractivity contribution in [2.75, 3.05) is 0 Å². The molecule has 0 saturated heterocycles. The van der Waals surface area contributed by atoms with E-state index in [1.54, 1.807) is 0 Å². The van der Waals surface area contributed by atoms with Gasteiger partial charge in [0.25, 0.3) is 0 Å². The number of fused-ring (bicyclic) bond motifs is 1. The Morgan fingerprint density at radius 2 is 2.07 bits per heavy atom. The zero-order chi connectivity index (χ0) is 10.3. The van der Waals surface area contributed by atoms with Gasteiger partial charge >= 0.3 is 0 Å². The molecule has 3 rings (SSSR count). The van der Waals surface area contributed by atoms with Gasteiger partial charge in [0.2, 0.25) is 0 Å². The second-order valence-electron chi connectivity index (χ2n) is 4.26. The molecule has 78 valence electrons. The van der Waals surface area contributed by atoms with Crippen LogP contribution in [-0.4, -0.2) is 9.97 Å². The second-order valence-corrected chi connectivity index (χ2v) is 5.18. The van der Waals surface area contributed by atoms with Crippen LogP contribution in [0.1, 0.15) is 37.4 Å². The molecule has 2 aromatic rings. The van der Waals surface area contributed by atoms with Gasteiger partial charge < -0.3 is 4.98 Å². The van der Waals surface area contributed by atoms with Crippen molar-refractivity contribution >= 4 is 27.0 Å². The number of H-pyrrole nitrogens is 1. The molecular weight excluding hydrogens is 252 g/mol. The van der Waals surface area contributed by atoms with Crippen molar-refractivity contribution in [2.45, 2.75) is 31.6 Å². The normalized spacial score (nSPS) is 17.7. The van der Waals surface area contributed by atoms with E-state index in [0.29, 0.717) is 5.92 Å². The van der Waals surface area contributed by atoms with Crippen LogP contribution in [0.3, 0.4) is 0 Å². The summed E-state index contributed by atoms with van der Waals surface area (Å²) in [6, 6.07) is 6.21. The van der Waals surface area contributed by atoms with Crippen LogP contribution in [0.2, 0.25) is 0 Å². The van der Waals surface area contributed by atoms with Gasteiger partial charge in [0.05, 0.1) is 11.0 Å². The number of aromatic nitrogens is 2. The van der Waals surface area contributed by atoms with Crippen LogP contribution in [0.5, 0.6) is 0 Å². The number of aromatic amines is 1. The van der Waals surface area contributed by atoms with Gasteiger partial charge in [-0.25, -0.2) is 4.98 Å². The highest BCUT2D eigenvalue weighted by Crippen LogP contribution is 2.33. The highest BCUT2D eigenvalue weighted by Gasteiger charge is 2.20. The molecule has 15 heavy (non-hydrogen) atoms. The fraction of sp³-hybridized carbons (Fsp3) is 0.417. The Labute approximate surface area is 97.2 Å². The van der Waals surface area contributed by atoms with Crippen molar-refractivity contribution in [1.82, 2.24) is 9.97 Å². The Balaban J connectivity index is 2.05. The van der Waals surface area contributed by atoms with E-state index in [-0.39, 0.29) is 0 Å². The lowest BCUT2D eigenvalue weighted by Gasteiger charge is -2.02. The molecule has 1 aliphatic rings. The molecule has 1 aromatic carbocycles. The monoisotopic (exact) mass is 264 g/mol. The number of hydrogen-bond donors (Lipinski definition) is 1. The average Bonchev–Trinajstić information content (AvgIpc) is 2.84. The number of halogens is 1. The molecule has 0 bridgehead atoms. The Morgan fingerprint density at radius 3 is 2.87 bits per heavy atom. The van der Waals surface area contributed by atoms with E-state index in [9.17, 15) is 0 Å². The van der Waals surface area contributed by atoms with Crippen LogP contribution in [-0.2, 0) is 0 Å². The first-order valence-electron chi connectivity index (χ1n) is 5.48. The SMILES string of the molecule is Brc1ccc2nc(C3CCCC3)[nH]c2c1. The number of nitrogens with zero attached hydrogens (tertiary/aromatic N) is 1. The molecule has 0 aliphatic heterocycles. The summed E-state index contributed by atoms with van der Waals surface area (Å²) < 4.78 is 1.11. The fourth-order valence-corrected chi connectivity index (χ4v) is 2.76. The van der Waals surface area contributed by atoms with E-state index < -0.39 is 0 Å². The van der Waals surface area contributed by atoms with E-state index in [4.69, 9.17) is 0 Å². The lowest BCUT2D eigenvalue weighted by atomic mass is 10.1. The molecule has 1 heterocycles. The first-order chi connectivity index (χ1) is 7.33. The molecule has 0 amide bonds. The maximum absolute atomic E-state index is 4.66. The summed E-state index contributed by atoms with van der Waals surface area (Å²) in [5, 5.41) is 0. The summed E-state index contributed by atoms with van der Waals surface area (Å²) in [7, 11) is 0. The molecule has 2 nitrogen and oxygen atoms in total. The van der Waals surface area contributed by atoms with Gasteiger partial charge in [0.1, 0.15) is 5.82 Å². The quantitative estimate of drug-likeness (QED) is 0.829. The van der Waals surface area contributed by atoms with Gasteiger partial charge in [-0.1, -0.05) is 28.8 Å². The average molecular weight is 265 g/mol. The Kier molecular flexibility index (Phi) is 2.28. The maximum Gasteiger partial charge on any atom is 0.110 e. The van der Waals surface area contributed by atoms with Crippen molar-refractivity contribution < 1.29 is 0 Å². The number of rotatable bonds is 1. The van der Waals surface area contributed by atoms with Crippen LogP contribution >= 0.6 is 15.9 Å². The molecule has 0 unspecified atom stereocenters. The summed E-state index contributed by atoms with van der Waals surface area (Å²) >= 11 is 3.48. The third kappa shape index (κ3) is 1.69. The lowest BCUT2D eigenvalue weighted by molar-refractivity contribution is 0.681. The molecule has 0 radical (unpaired) electrons. The molecule has 3 heteroatoms. The van der Waals surface area contributed by atoms with Crippen molar-refractivity contribution in [2.24, 2.45) is 0 Å². The minimum atomic E-state index is 0.663. The summed E-state index contributed by atoms with van der Waals surface area (Å²) in [4.78, 5) is 8.10. The van der Waals surface area contributed by atoms with Crippen LogP contribution in [0.15, 0.2) is 22.7 Å². The molecular formula is C12H13BrN2. The van der Waals surface area contributed by atoms with Crippen LogP contribution < -0.4 is 0 Å². The van der Waals surface area contributed by atoms with Crippen molar-refractivity contribution in [3.8, 4) is 0 Å². The summed E-state index contributed by atoms with van der Waals surface area (Å²) in [6.07, 6.45) is 5.29. The first kappa shape index (κ1) is 9.40. The Hall–Kier alpha value is -0.830.